The minimum absolute atomic E-state index is 0.232. The summed E-state index contributed by atoms with van der Waals surface area (Å²) in [6.45, 7) is -0.468. The third-order valence-corrected chi connectivity index (χ3v) is 4.52. The summed E-state index contributed by atoms with van der Waals surface area (Å²) in [5.74, 6) is -2.77. The summed E-state index contributed by atoms with van der Waals surface area (Å²) in [6, 6.07) is 2.84. The Morgan fingerprint density at radius 2 is 1.74 bits per heavy atom. The summed E-state index contributed by atoms with van der Waals surface area (Å²) in [7, 11) is 0. The normalized spacial score (nSPS) is 16.3. The molecular weight excluding hydrogens is 369 g/mol. The van der Waals surface area contributed by atoms with Crippen molar-refractivity contribution in [2.24, 2.45) is 5.73 Å². The second-order valence-corrected chi connectivity index (χ2v) is 6.44. The highest BCUT2D eigenvalue weighted by Gasteiger charge is 2.34. The second-order valence-electron chi connectivity index (χ2n) is 6.44. The van der Waals surface area contributed by atoms with Crippen LogP contribution in [0.1, 0.15) is 37.7 Å². The number of rotatable bonds is 5. The maximum absolute atomic E-state index is 14.0. The molecule has 1 saturated carbocycles. The molecule has 3 N–H and O–H groups in total. The number of alkyl halides is 3. The van der Waals surface area contributed by atoms with Gasteiger partial charge in [0.2, 0.25) is 0 Å². The van der Waals surface area contributed by atoms with Gasteiger partial charge in [-0.3, -0.25) is 10.2 Å². The first-order valence-electron chi connectivity index (χ1n) is 8.48. The predicted molar refractivity (Wildman–Crippen MR) is 89.8 cm³/mol. The second kappa shape index (κ2) is 8.49. The van der Waals surface area contributed by atoms with Gasteiger partial charge in [0.25, 0.3) is 5.91 Å². The molecule has 27 heavy (non-hydrogen) atoms. The van der Waals surface area contributed by atoms with Gasteiger partial charge in [0.1, 0.15) is 23.0 Å². The van der Waals surface area contributed by atoms with Crippen LogP contribution < -0.4 is 5.73 Å². The molecule has 0 heterocycles. The zero-order valence-electron chi connectivity index (χ0n) is 14.5. The molecule has 0 saturated heterocycles. The number of benzene rings is 1. The van der Waals surface area contributed by atoms with Gasteiger partial charge in [-0.25, -0.2) is 8.78 Å². The van der Waals surface area contributed by atoms with Crippen molar-refractivity contribution in [1.29, 1.82) is 5.41 Å². The quantitative estimate of drug-likeness (QED) is 0.589. The first-order chi connectivity index (χ1) is 12.6. The Balaban J connectivity index is 2.32. The average molecular weight is 389 g/mol. The lowest BCUT2D eigenvalue weighted by Crippen LogP contribution is -2.44. The van der Waals surface area contributed by atoms with Gasteiger partial charge in [-0.05, 0) is 31.1 Å². The van der Waals surface area contributed by atoms with E-state index in [1.807, 2.05) is 0 Å². The SMILES string of the molecule is N=C(C=C(N)C(F)(F)F)C(=O)N(Cc1c(F)cccc1F)C1CCCCC1. The van der Waals surface area contributed by atoms with Gasteiger partial charge in [0, 0.05) is 11.6 Å². The molecule has 1 aliphatic carbocycles. The molecule has 0 bridgehead atoms. The molecule has 0 atom stereocenters. The number of nitrogens with zero attached hydrogens (tertiary/aromatic N) is 1. The van der Waals surface area contributed by atoms with Gasteiger partial charge in [-0.15, -0.1) is 0 Å². The van der Waals surface area contributed by atoms with Crippen molar-refractivity contribution in [1.82, 2.24) is 4.90 Å². The lowest BCUT2D eigenvalue weighted by atomic mass is 9.93. The number of halogens is 5. The number of carbonyl (C=O) groups is 1. The minimum Gasteiger partial charge on any atom is -0.395 e. The summed E-state index contributed by atoms with van der Waals surface area (Å²) >= 11 is 0. The van der Waals surface area contributed by atoms with Crippen molar-refractivity contribution in [3.05, 3.63) is 47.2 Å². The van der Waals surface area contributed by atoms with Crippen LogP contribution in [0.15, 0.2) is 30.0 Å². The number of nitrogens with two attached hydrogens (primary N) is 1. The van der Waals surface area contributed by atoms with Crippen LogP contribution in [0.5, 0.6) is 0 Å². The molecule has 148 valence electrons. The Kier molecular flexibility index (Phi) is 6.56. The highest BCUT2D eigenvalue weighted by atomic mass is 19.4. The van der Waals surface area contributed by atoms with Crippen LogP contribution in [0.25, 0.3) is 0 Å². The van der Waals surface area contributed by atoms with Crippen LogP contribution in [-0.4, -0.2) is 28.7 Å². The van der Waals surface area contributed by atoms with Crippen LogP contribution in [0.4, 0.5) is 22.0 Å². The number of hydrogen-bond donors (Lipinski definition) is 2. The summed E-state index contributed by atoms with van der Waals surface area (Å²) in [5.41, 5.74) is 1.95. The summed E-state index contributed by atoms with van der Waals surface area (Å²) in [4.78, 5) is 13.7. The van der Waals surface area contributed by atoms with Gasteiger partial charge in [-0.1, -0.05) is 25.3 Å². The zero-order valence-corrected chi connectivity index (χ0v) is 14.5. The molecule has 0 spiro atoms. The number of allylic oxidation sites excluding steroid dienone is 1. The summed E-state index contributed by atoms with van der Waals surface area (Å²) in [5, 5.41) is 7.69. The van der Waals surface area contributed by atoms with Gasteiger partial charge in [0.15, 0.2) is 0 Å². The lowest BCUT2D eigenvalue weighted by Gasteiger charge is -2.34. The minimum atomic E-state index is -4.88. The molecule has 9 heteroatoms. The van der Waals surface area contributed by atoms with Crippen LogP contribution in [-0.2, 0) is 11.3 Å². The first kappa shape index (κ1) is 20.9. The molecule has 2 rings (SSSR count). The molecule has 1 aliphatic rings. The monoisotopic (exact) mass is 389 g/mol. The Hall–Kier alpha value is -2.45. The molecule has 0 radical (unpaired) electrons. The number of nitrogens with one attached hydrogen (secondary N) is 1. The number of hydrogen-bond acceptors (Lipinski definition) is 3. The average Bonchev–Trinajstić information content (AvgIpc) is 2.61. The predicted octanol–water partition coefficient (Wildman–Crippen LogP) is 4.05. The van der Waals surface area contributed by atoms with Crippen molar-refractivity contribution < 1.29 is 26.7 Å². The Morgan fingerprint density at radius 1 is 1.19 bits per heavy atom. The topological polar surface area (TPSA) is 70.2 Å². The molecule has 4 nitrogen and oxygen atoms in total. The van der Waals surface area contributed by atoms with E-state index in [2.05, 4.69) is 0 Å². The summed E-state index contributed by atoms with van der Waals surface area (Å²) < 4.78 is 65.7. The van der Waals surface area contributed by atoms with Crippen molar-refractivity contribution >= 4 is 11.6 Å². The molecule has 1 fully saturated rings. The molecule has 0 aromatic heterocycles. The number of amides is 1. The molecule has 1 amide bonds. The Labute approximate surface area is 153 Å². The lowest BCUT2D eigenvalue weighted by molar-refractivity contribution is -0.127. The fraction of sp³-hybridized carbons (Fsp3) is 0.444. The first-order valence-corrected chi connectivity index (χ1v) is 8.48. The maximum atomic E-state index is 14.0. The van der Waals surface area contributed by atoms with E-state index in [1.54, 1.807) is 0 Å². The van der Waals surface area contributed by atoms with E-state index in [-0.39, 0.29) is 11.6 Å². The van der Waals surface area contributed by atoms with E-state index in [9.17, 15) is 26.7 Å². The Morgan fingerprint density at radius 3 is 2.26 bits per heavy atom. The standard InChI is InChI=1S/C18H20F5N3O/c19-13-7-4-8-14(20)12(13)10-26(11-5-2-1-3-6-11)17(27)15(24)9-16(25)18(21,22)23/h4,7-9,11,24H,1-3,5-6,10,25H2. The molecule has 0 aliphatic heterocycles. The summed E-state index contributed by atoms with van der Waals surface area (Å²) in [6.07, 6.45) is -1.05. The fourth-order valence-electron chi connectivity index (χ4n) is 3.07. The molecule has 1 aromatic rings. The maximum Gasteiger partial charge on any atom is 0.430 e. The van der Waals surface area contributed by atoms with E-state index in [4.69, 9.17) is 11.1 Å². The van der Waals surface area contributed by atoms with E-state index in [0.717, 1.165) is 36.3 Å². The van der Waals surface area contributed by atoms with Crippen molar-refractivity contribution in [3.63, 3.8) is 0 Å². The van der Waals surface area contributed by atoms with Crippen LogP contribution >= 0.6 is 0 Å². The van der Waals surface area contributed by atoms with Crippen LogP contribution in [0.3, 0.4) is 0 Å². The van der Waals surface area contributed by atoms with Gasteiger partial charge in [-0.2, -0.15) is 13.2 Å². The third kappa shape index (κ3) is 5.27. The van der Waals surface area contributed by atoms with Crippen molar-refractivity contribution in [2.75, 3.05) is 0 Å². The Bertz CT molecular complexity index is 719. The molecule has 0 unspecified atom stereocenters. The van der Waals surface area contributed by atoms with E-state index in [0.29, 0.717) is 12.8 Å². The number of carbonyl (C=O) groups excluding carboxylic acids is 1. The van der Waals surface area contributed by atoms with Crippen molar-refractivity contribution in [2.45, 2.75) is 50.9 Å². The van der Waals surface area contributed by atoms with Gasteiger partial charge < -0.3 is 10.6 Å². The van der Waals surface area contributed by atoms with E-state index < -0.39 is 47.7 Å². The zero-order chi connectivity index (χ0) is 20.2. The van der Waals surface area contributed by atoms with Gasteiger partial charge >= 0.3 is 6.18 Å². The van der Waals surface area contributed by atoms with Gasteiger partial charge in [0.05, 0.1) is 6.54 Å². The molecule has 1 aromatic carbocycles. The molecular formula is C18H20F5N3O. The highest BCUT2D eigenvalue weighted by molar-refractivity contribution is 6.42. The smallest absolute Gasteiger partial charge is 0.395 e. The third-order valence-electron chi connectivity index (χ3n) is 4.52. The largest absolute Gasteiger partial charge is 0.430 e. The van der Waals surface area contributed by atoms with E-state index >= 15 is 0 Å². The van der Waals surface area contributed by atoms with Crippen molar-refractivity contribution in [3.8, 4) is 0 Å². The fourth-order valence-corrected chi connectivity index (χ4v) is 3.07. The van der Waals surface area contributed by atoms with E-state index in [1.165, 1.54) is 6.07 Å². The van der Waals surface area contributed by atoms with Crippen LogP contribution in [0.2, 0.25) is 0 Å². The highest BCUT2D eigenvalue weighted by Crippen LogP contribution is 2.26. The van der Waals surface area contributed by atoms with Crippen LogP contribution in [0, 0.1) is 17.0 Å².